The van der Waals surface area contributed by atoms with E-state index in [-0.39, 0.29) is 10.8 Å². The first-order chi connectivity index (χ1) is 14.7. The molecule has 1 heterocycles. The van der Waals surface area contributed by atoms with E-state index in [1.165, 1.54) is 40.7 Å². The van der Waals surface area contributed by atoms with Gasteiger partial charge in [0.1, 0.15) is 0 Å². The average Bonchev–Trinajstić information content (AvgIpc) is 3.25. The van der Waals surface area contributed by atoms with Crippen LogP contribution in [-0.2, 0) is 23.8 Å². The Balaban J connectivity index is 1.70. The van der Waals surface area contributed by atoms with Crippen LogP contribution >= 0.6 is 0 Å². The van der Waals surface area contributed by atoms with Gasteiger partial charge in [-0.2, -0.15) is 5.10 Å². The van der Waals surface area contributed by atoms with Crippen molar-refractivity contribution in [2.24, 2.45) is 0 Å². The molecule has 0 bridgehead atoms. The zero-order chi connectivity index (χ0) is 22.1. The van der Waals surface area contributed by atoms with Gasteiger partial charge in [0.05, 0.1) is 0 Å². The Morgan fingerprint density at radius 1 is 0.935 bits per heavy atom. The molecule has 3 aromatic rings. The van der Waals surface area contributed by atoms with Crippen LogP contribution in [0.15, 0.2) is 54.9 Å². The second-order valence-corrected chi connectivity index (χ2v) is 10.5. The molecule has 1 aromatic heterocycles. The first-order valence-electron chi connectivity index (χ1n) is 11.6. The lowest BCUT2D eigenvalue weighted by molar-refractivity contribution is 0.331. The minimum atomic E-state index is 0.227. The molecule has 0 aliphatic heterocycles. The van der Waals surface area contributed by atoms with Crippen molar-refractivity contribution in [2.45, 2.75) is 77.7 Å². The summed E-state index contributed by atoms with van der Waals surface area (Å²) in [5, 5.41) is 4.37. The van der Waals surface area contributed by atoms with Crippen LogP contribution in [-0.4, -0.2) is 9.78 Å². The van der Waals surface area contributed by atoms with E-state index in [1.807, 2.05) is 16.9 Å². The van der Waals surface area contributed by atoms with Crippen LogP contribution in [0.3, 0.4) is 0 Å². The van der Waals surface area contributed by atoms with Crippen LogP contribution in [0.1, 0.15) is 80.3 Å². The van der Waals surface area contributed by atoms with Gasteiger partial charge in [0.25, 0.3) is 0 Å². The summed E-state index contributed by atoms with van der Waals surface area (Å²) in [7, 11) is 0. The number of nitrogens with zero attached hydrogens (tertiary/aromatic N) is 2. The van der Waals surface area contributed by atoms with Crippen LogP contribution in [0, 0.1) is 6.92 Å². The maximum Gasteiger partial charge on any atom is 0.0489 e. The summed E-state index contributed by atoms with van der Waals surface area (Å²) in [4.78, 5) is 0. The van der Waals surface area contributed by atoms with Gasteiger partial charge in [-0.15, -0.1) is 0 Å². The van der Waals surface area contributed by atoms with Gasteiger partial charge >= 0.3 is 0 Å². The van der Waals surface area contributed by atoms with E-state index in [2.05, 4.69) is 94.5 Å². The molecule has 0 N–H and O–H groups in total. The Kier molecular flexibility index (Phi) is 5.92. The standard InChI is InChI=1S/C29H36N2/c1-22-9-11-23(12-10-22)13-14-25-21-27-26(28(2,3)15-16-29(27,4)5)20-24(25)8-6-18-31-19-7-17-30-31/h7,9-14,17,19-21H,6,8,15-16,18H2,1-5H3/b14-13+. The molecule has 0 unspecified atom stereocenters. The lowest BCUT2D eigenvalue weighted by atomic mass is 9.62. The van der Waals surface area contributed by atoms with Crippen molar-refractivity contribution in [1.29, 1.82) is 0 Å². The Hall–Kier alpha value is -2.61. The van der Waals surface area contributed by atoms with Gasteiger partial charge in [0.15, 0.2) is 0 Å². The molecule has 4 rings (SSSR count). The first kappa shape index (κ1) is 21.6. The minimum Gasteiger partial charge on any atom is -0.273 e. The number of fused-ring (bicyclic) bond motifs is 1. The van der Waals surface area contributed by atoms with Crippen molar-refractivity contribution in [3.63, 3.8) is 0 Å². The molecule has 0 saturated carbocycles. The molecular weight excluding hydrogens is 376 g/mol. The quantitative estimate of drug-likeness (QED) is 0.387. The maximum atomic E-state index is 4.37. The summed E-state index contributed by atoms with van der Waals surface area (Å²) in [6.45, 7) is 12.7. The van der Waals surface area contributed by atoms with Crippen LogP contribution < -0.4 is 0 Å². The molecule has 1 aliphatic rings. The molecule has 0 saturated heterocycles. The zero-order valence-corrected chi connectivity index (χ0v) is 19.8. The zero-order valence-electron chi connectivity index (χ0n) is 19.8. The third-order valence-corrected chi connectivity index (χ3v) is 7.04. The molecule has 2 aromatic carbocycles. The molecular formula is C29H36N2. The normalized spacial score (nSPS) is 17.1. The van der Waals surface area contributed by atoms with E-state index >= 15 is 0 Å². The van der Waals surface area contributed by atoms with Crippen LogP contribution in [0.2, 0.25) is 0 Å². The summed E-state index contributed by atoms with van der Waals surface area (Å²) < 4.78 is 2.03. The summed E-state index contributed by atoms with van der Waals surface area (Å²) in [6.07, 6.45) is 13.2. The summed E-state index contributed by atoms with van der Waals surface area (Å²) in [5.41, 5.74) is 8.92. The number of aromatic nitrogens is 2. The lowest BCUT2D eigenvalue weighted by Gasteiger charge is -2.42. The molecule has 2 nitrogen and oxygen atoms in total. The van der Waals surface area contributed by atoms with Crippen molar-refractivity contribution in [1.82, 2.24) is 9.78 Å². The van der Waals surface area contributed by atoms with Gasteiger partial charge < -0.3 is 0 Å². The minimum absolute atomic E-state index is 0.227. The third-order valence-electron chi connectivity index (χ3n) is 7.04. The summed E-state index contributed by atoms with van der Waals surface area (Å²) in [6, 6.07) is 15.8. The van der Waals surface area contributed by atoms with Gasteiger partial charge in [-0.1, -0.05) is 81.8 Å². The molecule has 31 heavy (non-hydrogen) atoms. The SMILES string of the molecule is Cc1ccc(/C=C/c2cc3c(cc2CCCn2cccn2)C(C)(C)CCC3(C)C)cc1. The predicted molar refractivity (Wildman–Crippen MR) is 132 cm³/mol. The van der Waals surface area contributed by atoms with Crippen molar-refractivity contribution in [3.8, 4) is 0 Å². The Morgan fingerprint density at radius 3 is 2.26 bits per heavy atom. The van der Waals surface area contributed by atoms with Crippen molar-refractivity contribution in [3.05, 3.63) is 88.2 Å². The highest BCUT2D eigenvalue weighted by Crippen LogP contribution is 2.46. The summed E-state index contributed by atoms with van der Waals surface area (Å²) >= 11 is 0. The number of rotatable bonds is 6. The Bertz CT molecular complexity index is 1050. The fourth-order valence-electron chi connectivity index (χ4n) is 4.77. The van der Waals surface area contributed by atoms with Gasteiger partial charge in [0.2, 0.25) is 0 Å². The average molecular weight is 413 g/mol. The highest BCUT2D eigenvalue weighted by atomic mass is 15.3. The number of hydrogen-bond acceptors (Lipinski definition) is 1. The van der Waals surface area contributed by atoms with Crippen LogP contribution in [0.5, 0.6) is 0 Å². The van der Waals surface area contributed by atoms with E-state index in [9.17, 15) is 0 Å². The molecule has 0 atom stereocenters. The van der Waals surface area contributed by atoms with Crippen molar-refractivity contribution >= 4 is 12.2 Å². The largest absolute Gasteiger partial charge is 0.273 e. The predicted octanol–water partition coefficient (Wildman–Crippen LogP) is 7.34. The van der Waals surface area contributed by atoms with E-state index in [4.69, 9.17) is 0 Å². The van der Waals surface area contributed by atoms with Gasteiger partial charge in [-0.05, 0) is 77.3 Å². The molecule has 0 spiro atoms. The molecule has 162 valence electrons. The van der Waals surface area contributed by atoms with E-state index in [1.54, 1.807) is 5.56 Å². The van der Waals surface area contributed by atoms with Crippen molar-refractivity contribution in [2.75, 3.05) is 0 Å². The second kappa shape index (κ2) is 8.49. The van der Waals surface area contributed by atoms with Crippen molar-refractivity contribution < 1.29 is 0 Å². The van der Waals surface area contributed by atoms with Gasteiger partial charge in [-0.3, -0.25) is 4.68 Å². The van der Waals surface area contributed by atoms with E-state index in [0.717, 1.165) is 19.4 Å². The Morgan fingerprint density at radius 2 is 1.61 bits per heavy atom. The molecule has 0 radical (unpaired) electrons. The molecule has 0 fully saturated rings. The summed E-state index contributed by atoms with van der Waals surface area (Å²) in [5.74, 6) is 0. The second-order valence-electron chi connectivity index (χ2n) is 10.5. The Labute approximate surface area is 188 Å². The number of aryl methyl sites for hydroxylation is 3. The van der Waals surface area contributed by atoms with Gasteiger partial charge in [0, 0.05) is 18.9 Å². The van der Waals surface area contributed by atoms with Gasteiger partial charge in [-0.25, -0.2) is 0 Å². The smallest absolute Gasteiger partial charge is 0.0489 e. The first-order valence-corrected chi connectivity index (χ1v) is 11.6. The lowest BCUT2D eigenvalue weighted by Crippen LogP contribution is -2.34. The molecule has 0 amide bonds. The van der Waals surface area contributed by atoms with E-state index < -0.39 is 0 Å². The maximum absolute atomic E-state index is 4.37. The molecule has 2 heteroatoms. The topological polar surface area (TPSA) is 17.8 Å². The fourth-order valence-corrected chi connectivity index (χ4v) is 4.77. The van der Waals surface area contributed by atoms with Crippen LogP contribution in [0.4, 0.5) is 0 Å². The van der Waals surface area contributed by atoms with E-state index in [0.29, 0.717) is 0 Å². The monoisotopic (exact) mass is 412 g/mol. The van der Waals surface area contributed by atoms with Crippen LogP contribution in [0.25, 0.3) is 12.2 Å². The highest BCUT2D eigenvalue weighted by Gasteiger charge is 2.37. The highest BCUT2D eigenvalue weighted by molar-refractivity contribution is 5.72. The fraction of sp³-hybridized carbons (Fsp3) is 0.414. The number of hydrogen-bond donors (Lipinski definition) is 0. The number of benzene rings is 2. The molecule has 1 aliphatic carbocycles. The third kappa shape index (κ3) is 4.84.